The molecule has 1 saturated carbocycles. The van der Waals surface area contributed by atoms with Gasteiger partial charge in [-0.2, -0.15) is 0 Å². The van der Waals surface area contributed by atoms with Gasteiger partial charge in [0.25, 0.3) is 11.5 Å². The van der Waals surface area contributed by atoms with Gasteiger partial charge >= 0.3 is 0 Å². The van der Waals surface area contributed by atoms with Crippen molar-refractivity contribution in [3.05, 3.63) is 69.6 Å². The van der Waals surface area contributed by atoms with Crippen LogP contribution in [0.25, 0.3) is 0 Å². The van der Waals surface area contributed by atoms with Crippen LogP contribution in [-0.2, 0) is 7.05 Å². The molecule has 0 bridgehead atoms. The molecular formula is C18H20N2O2. The molecular weight excluding hydrogens is 276 g/mol. The standard InChI is InChI=1S/C18H20N2O2/c1-12-3-5-13(6-4-12)17(14-7-8-14)19-18(22)15-9-10-20(2)16(21)11-15/h3-6,9-11,14,17H,7-8H2,1-2H3,(H,19,22). The summed E-state index contributed by atoms with van der Waals surface area (Å²) in [7, 11) is 1.67. The molecule has 1 fully saturated rings. The van der Waals surface area contributed by atoms with Crippen LogP contribution in [0.5, 0.6) is 0 Å². The third kappa shape index (κ3) is 3.11. The Morgan fingerprint density at radius 1 is 1.23 bits per heavy atom. The molecule has 1 heterocycles. The van der Waals surface area contributed by atoms with Crippen LogP contribution in [0.15, 0.2) is 47.4 Å². The molecule has 0 aliphatic heterocycles. The van der Waals surface area contributed by atoms with Crippen LogP contribution in [0, 0.1) is 12.8 Å². The maximum absolute atomic E-state index is 12.4. The number of benzene rings is 1. The van der Waals surface area contributed by atoms with Crippen LogP contribution in [0.2, 0.25) is 0 Å². The second kappa shape index (κ2) is 5.79. The number of amides is 1. The van der Waals surface area contributed by atoms with Crippen molar-refractivity contribution in [2.75, 3.05) is 0 Å². The van der Waals surface area contributed by atoms with E-state index in [0.717, 1.165) is 18.4 Å². The summed E-state index contributed by atoms with van der Waals surface area (Å²) in [6, 6.07) is 11.4. The molecule has 1 aromatic heterocycles. The normalized spacial score (nSPS) is 15.4. The highest BCUT2D eigenvalue weighted by molar-refractivity contribution is 5.94. The number of aryl methyl sites for hydroxylation is 2. The predicted molar refractivity (Wildman–Crippen MR) is 85.8 cm³/mol. The zero-order valence-corrected chi connectivity index (χ0v) is 12.9. The smallest absolute Gasteiger partial charge is 0.252 e. The molecule has 1 atom stereocenters. The van der Waals surface area contributed by atoms with Crippen molar-refractivity contribution in [1.29, 1.82) is 0 Å². The van der Waals surface area contributed by atoms with E-state index in [4.69, 9.17) is 0 Å². The molecule has 1 unspecified atom stereocenters. The fourth-order valence-corrected chi connectivity index (χ4v) is 2.59. The van der Waals surface area contributed by atoms with Gasteiger partial charge in [-0.3, -0.25) is 9.59 Å². The van der Waals surface area contributed by atoms with E-state index in [1.807, 2.05) is 6.92 Å². The molecule has 1 N–H and O–H groups in total. The van der Waals surface area contributed by atoms with Crippen LogP contribution in [0.4, 0.5) is 0 Å². The van der Waals surface area contributed by atoms with Gasteiger partial charge < -0.3 is 9.88 Å². The number of aromatic nitrogens is 1. The van der Waals surface area contributed by atoms with Crippen LogP contribution >= 0.6 is 0 Å². The predicted octanol–water partition coefficient (Wildman–Crippen LogP) is 2.57. The number of carbonyl (C=O) groups excluding carboxylic acids is 1. The van der Waals surface area contributed by atoms with E-state index in [0.29, 0.717) is 11.5 Å². The first kappa shape index (κ1) is 14.6. The van der Waals surface area contributed by atoms with Crippen molar-refractivity contribution in [3.63, 3.8) is 0 Å². The Labute approximate surface area is 129 Å². The minimum atomic E-state index is -0.185. The van der Waals surface area contributed by atoms with Gasteiger partial charge in [-0.05, 0) is 37.3 Å². The van der Waals surface area contributed by atoms with Gasteiger partial charge in [-0.15, -0.1) is 0 Å². The summed E-state index contributed by atoms with van der Waals surface area (Å²) in [6.45, 7) is 2.05. The highest BCUT2D eigenvalue weighted by Gasteiger charge is 2.33. The molecule has 2 aromatic rings. The zero-order chi connectivity index (χ0) is 15.7. The topological polar surface area (TPSA) is 51.1 Å². The Bertz CT molecular complexity index is 742. The molecule has 4 nitrogen and oxygen atoms in total. The summed E-state index contributed by atoms with van der Waals surface area (Å²) in [5, 5.41) is 3.09. The molecule has 3 rings (SSSR count). The van der Waals surface area contributed by atoms with Crippen molar-refractivity contribution >= 4 is 5.91 Å². The maximum atomic E-state index is 12.4. The van der Waals surface area contributed by atoms with E-state index in [1.54, 1.807) is 19.3 Å². The average molecular weight is 296 g/mol. The lowest BCUT2D eigenvalue weighted by molar-refractivity contribution is 0.0931. The Balaban J connectivity index is 1.81. The fraction of sp³-hybridized carbons (Fsp3) is 0.333. The number of nitrogens with one attached hydrogen (secondary N) is 1. The number of nitrogens with zero attached hydrogens (tertiary/aromatic N) is 1. The number of rotatable bonds is 4. The average Bonchev–Trinajstić information content (AvgIpc) is 3.33. The number of pyridine rings is 1. The van der Waals surface area contributed by atoms with E-state index in [1.165, 1.54) is 16.2 Å². The van der Waals surface area contributed by atoms with Gasteiger partial charge in [0.1, 0.15) is 0 Å². The Kier molecular flexibility index (Phi) is 3.84. The minimum Gasteiger partial charge on any atom is -0.345 e. The second-order valence-electron chi connectivity index (χ2n) is 6.06. The lowest BCUT2D eigenvalue weighted by atomic mass is 10.0. The van der Waals surface area contributed by atoms with E-state index in [2.05, 4.69) is 29.6 Å². The molecule has 1 amide bonds. The lowest BCUT2D eigenvalue weighted by Gasteiger charge is -2.19. The highest BCUT2D eigenvalue weighted by atomic mass is 16.2. The molecule has 22 heavy (non-hydrogen) atoms. The first-order valence-corrected chi connectivity index (χ1v) is 7.59. The zero-order valence-electron chi connectivity index (χ0n) is 12.9. The SMILES string of the molecule is Cc1ccc(C(NC(=O)c2ccn(C)c(=O)c2)C2CC2)cc1. The quantitative estimate of drug-likeness (QED) is 0.942. The molecule has 0 spiro atoms. The van der Waals surface area contributed by atoms with Crippen molar-refractivity contribution < 1.29 is 4.79 Å². The fourth-order valence-electron chi connectivity index (χ4n) is 2.59. The largest absolute Gasteiger partial charge is 0.345 e. The van der Waals surface area contributed by atoms with Crippen LogP contribution in [-0.4, -0.2) is 10.5 Å². The Morgan fingerprint density at radius 3 is 2.50 bits per heavy atom. The third-order valence-corrected chi connectivity index (χ3v) is 4.18. The van der Waals surface area contributed by atoms with Gasteiger partial charge in [0, 0.05) is 24.9 Å². The second-order valence-corrected chi connectivity index (χ2v) is 6.06. The van der Waals surface area contributed by atoms with Crippen LogP contribution < -0.4 is 10.9 Å². The van der Waals surface area contributed by atoms with E-state index in [9.17, 15) is 9.59 Å². The van der Waals surface area contributed by atoms with Crippen molar-refractivity contribution in [3.8, 4) is 0 Å². The van der Waals surface area contributed by atoms with E-state index < -0.39 is 0 Å². The minimum absolute atomic E-state index is 0.0251. The first-order chi connectivity index (χ1) is 10.5. The van der Waals surface area contributed by atoms with Gasteiger partial charge in [-0.25, -0.2) is 0 Å². The maximum Gasteiger partial charge on any atom is 0.252 e. The summed E-state index contributed by atoms with van der Waals surface area (Å²) in [5.41, 5.74) is 2.58. The number of hydrogen-bond donors (Lipinski definition) is 1. The lowest BCUT2D eigenvalue weighted by Crippen LogP contribution is -2.31. The van der Waals surface area contributed by atoms with Gasteiger partial charge in [0.05, 0.1) is 6.04 Å². The summed E-state index contributed by atoms with van der Waals surface area (Å²) < 4.78 is 1.45. The Morgan fingerprint density at radius 2 is 1.91 bits per heavy atom. The molecule has 0 radical (unpaired) electrons. The van der Waals surface area contributed by atoms with Crippen molar-refractivity contribution in [2.24, 2.45) is 13.0 Å². The van der Waals surface area contributed by atoms with Crippen LogP contribution in [0.1, 0.15) is 40.4 Å². The summed E-state index contributed by atoms with van der Waals surface area (Å²) in [6.07, 6.45) is 3.89. The number of hydrogen-bond acceptors (Lipinski definition) is 2. The molecule has 0 saturated heterocycles. The van der Waals surface area contributed by atoms with Crippen molar-refractivity contribution in [2.45, 2.75) is 25.8 Å². The highest BCUT2D eigenvalue weighted by Crippen LogP contribution is 2.41. The number of carbonyl (C=O) groups is 1. The van der Waals surface area contributed by atoms with Crippen molar-refractivity contribution in [1.82, 2.24) is 9.88 Å². The summed E-state index contributed by atoms with van der Waals surface area (Å²) >= 11 is 0. The molecule has 1 aromatic carbocycles. The monoisotopic (exact) mass is 296 g/mol. The van der Waals surface area contributed by atoms with Gasteiger partial charge in [-0.1, -0.05) is 29.8 Å². The van der Waals surface area contributed by atoms with Gasteiger partial charge in [0.15, 0.2) is 0 Å². The first-order valence-electron chi connectivity index (χ1n) is 7.59. The molecule has 1 aliphatic rings. The van der Waals surface area contributed by atoms with Crippen LogP contribution in [0.3, 0.4) is 0 Å². The Hall–Kier alpha value is -2.36. The van der Waals surface area contributed by atoms with Gasteiger partial charge in [0.2, 0.25) is 0 Å². The third-order valence-electron chi connectivity index (χ3n) is 4.18. The molecule has 4 heteroatoms. The molecule has 114 valence electrons. The van der Waals surface area contributed by atoms with E-state index >= 15 is 0 Å². The molecule has 1 aliphatic carbocycles. The summed E-state index contributed by atoms with van der Waals surface area (Å²) in [4.78, 5) is 24.1. The van der Waals surface area contributed by atoms with E-state index in [-0.39, 0.29) is 17.5 Å². The summed E-state index contributed by atoms with van der Waals surface area (Å²) in [5.74, 6) is 0.313.